The van der Waals surface area contributed by atoms with E-state index in [0.29, 0.717) is 19.4 Å². The molecule has 0 rings (SSSR count). The van der Waals surface area contributed by atoms with Gasteiger partial charge in [-0.25, -0.2) is 0 Å². The van der Waals surface area contributed by atoms with Gasteiger partial charge in [0.15, 0.2) is 0 Å². The van der Waals surface area contributed by atoms with Crippen LogP contribution in [0.2, 0.25) is 0 Å². The van der Waals surface area contributed by atoms with E-state index in [1.165, 1.54) is 0 Å². The van der Waals surface area contributed by atoms with Gasteiger partial charge in [0.05, 0.1) is 6.10 Å². The Morgan fingerprint density at radius 2 is 2.00 bits per heavy atom. The predicted molar refractivity (Wildman–Crippen MR) is 48.1 cm³/mol. The molecule has 0 aliphatic rings. The van der Waals surface area contributed by atoms with Crippen molar-refractivity contribution in [1.82, 2.24) is 0 Å². The van der Waals surface area contributed by atoms with Crippen molar-refractivity contribution < 1.29 is 14.9 Å². The van der Waals surface area contributed by atoms with Crippen LogP contribution in [0.15, 0.2) is 0 Å². The van der Waals surface area contributed by atoms with Crippen LogP contribution in [0.3, 0.4) is 0 Å². The Hall–Kier alpha value is -0.120. The molecule has 0 spiro atoms. The summed E-state index contributed by atoms with van der Waals surface area (Å²) in [5.74, 6) is 0. The van der Waals surface area contributed by atoms with E-state index in [0.717, 1.165) is 19.4 Å². The number of aliphatic hydroxyl groups excluding tert-OH is 2. The molecule has 0 saturated heterocycles. The summed E-state index contributed by atoms with van der Waals surface area (Å²) in [6.07, 6.45) is 2.90. The molecule has 1 unspecified atom stereocenters. The maximum atomic E-state index is 9.17. The van der Waals surface area contributed by atoms with E-state index in [2.05, 4.69) is 6.92 Å². The van der Waals surface area contributed by atoms with Gasteiger partial charge in [-0.05, 0) is 19.3 Å². The molecule has 0 amide bonds. The predicted octanol–water partition coefficient (Wildman–Crippen LogP) is 0.936. The first-order valence-corrected chi connectivity index (χ1v) is 4.68. The van der Waals surface area contributed by atoms with E-state index in [1.54, 1.807) is 0 Å². The highest BCUT2D eigenvalue weighted by Crippen LogP contribution is 1.97. The molecule has 0 radical (unpaired) electrons. The van der Waals surface area contributed by atoms with Crippen LogP contribution in [-0.2, 0) is 4.74 Å². The smallest absolute Gasteiger partial charge is 0.0584 e. The summed E-state index contributed by atoms with van der Waals surface area (Å²) in [7, 11) is 0. The van der Waals surface area contributed by atoms with Gasteiger partial charge < -0.3 is 14.9 Å². The lowest BCUT2D eigenvalue weighted by atomic mass is 10.2. The van der Waals surface area contributed by atoms with E-state index in [1.807, 2.05) is 0 Å². The van der Waals surface area contributed by atoms with Crippen LogP contribution in [0, 0.1) is 0 Å². The maximum Gasteiger partial charge on any atom is 0.0584 e. The van der Waals surface area contributed by atoms with Crippen molar-refractivity contribution in [2.75, 3.05) is 19.8 Å². The van der Waals surface area contributed by atoms with E-state index >= 15 is 0 Å². The Labute approximate surface area is 74.4 Å². The molecule has 0 bridgehead atoms. The van der Waals surface area contributed by atoms with E-state index in [4.69, 9.17) is 14.9 Å². The summed E-state index contributed by atoms with van der Waals surface area (Å²) in [5.41, 5.74) is 0. The Morgan fingerprint density at radius 1 is 1.25 bits per heavy atom. The highest BCUT2D eigenvalue weighted by Gasteiger charge is 2.01. The van der Waals surface area contributed by atoms with Crippen molar-refractivity contribution in [3.8, 4) is 0 Å². The molecule has 3 nitrogen and oxygen atoms in total. The minimum absolute atomic E-state index is 0.0517. The first-order valence-electron chi connectivity index (χ1n) is 4.68. The van der Waals surface area contributed by atoms with Gasteiger partial charge in [0.1, 0.15) is 0 Å². The van der Waals surface area contributed by atoms with Crippen molar-refractivity contribution >= 4 is 0 Å². The Balaban J connectivity index is 2.97. The Kier molecular flexibility index (Phi) is 8.88. The lowest BCUT2D eigenvalue weighted by molar-refractivity contribution is 0.0675. The Morgan fingerprint density at radius 3 is 2.58 bits per heavy atom. The van der Waals surface area contributed by atoms with Gasteiger partial charge >= 0.3 is 0 Å². The van der Waals surface area contributed by atoms with E-state index in [9.17, 15) is 0 Å². The molecule has 0 aromatic heterocycles. The molecule has 3 heteroatoms. The van der Waals surface area contributed by atoms with E-state index in [-0.39, 0.29) is 6.61 Å². The van der Waals surface area contributed by atoms with Crippen LogP contribution in [0.5, 0.6) is 0 Å². The van der Waals surface area contributed by atoms with Gasteiger partial charge in [-0.1, -0.05) is 13.3 Å². The third-order valence-corrected chi connectivity index (χ3v) is 1.70. The van der Waals surface area contributed by atoms with Crippen LogP contribution in [0.1, 0.15) is 32.6 Å². The molecule has 0 heterocycles. The third-order valence-electron chi connectivity index (χ3n) is 1.70. The molecule has 0 aromatic rings. The van der Waals surface area contributed by atoms with Crippen LogP contribution < -0.4 is 0 Å². The van der Waals surface area contributed by atoms with Crippen molar-refractivity contribution in [2.45, 2.75) is 38.7 Å². The van der Waals surface area contributed by atoms with Gasteiger partial charge in [-0.3, -0.25) is 0 Å². The molecule has 0 fully saturated rings. The minimum Gasteiger partial charge on any atom is -0.396 e. The zero-order chi connectivity index (χ0) is 9.23. The summed E-state index contributed by atoms with van der Waals surface area (Å²) in [4.78, 5) is 0. The number of hydrogen-bond acceptors (Lipinski definition) is 3. The monoisotopic (exact) mass is 176 g/mol. The Bertz CT molecular complexity index is 85.8. The minimum atomic E-state index is -0.406. The number of rotatable bonds is 8. The maximum absolute atomic E-state index is 9.17. The molecular weight excluding hydrogens is 156 g/mol. The standard InChI is InChI=1S/C9H20O3/c1-2-3-7-12-8-5-9(11)4-6-10/h9-11H,2-8H2,1H3. The summed E-state index contributed by atoms with van der Waals surface area (Å²) in [5, 5.41) is 17.6. The summed E-state index contributed by atoms with van der Waals surface area (Å²) in [6, 6.07) is 0. The number of hydrogen-bond donors (Lipinski definition) is 2. The quantitative estimate of drug-likeness (QED) is 0.541. The average molecular weight is 176 g/mol. The molecule has 1 atom stereocenters. The van der Waals surface area contributed by atoms with Crippen LogP contribution in [0.25, 0.3) is 0 Å². The molecule has 74 valence electrons. The largest absolute Gasteiger partial charge is 0.396 e. The van der Waals surface area contributed by atoms with Gasteiger partial charge in [0.2, 0.25) is 0 Å². The molecular formula is C9H20O3. The van der Waals surface area contributed by atoms with Crippen molar-refractivity contribution in [2.24, 2.45) is 0 Å². The topological polar surface area (TPSA) is 49.7 Å². The van der Waals surface area contributed by atoms with Crippen LogP contribution in [-0.4, -0.2) is 36.1 Å². The summed E-state index contributed by atoms with van der Waals surface area (Å²) in [6.45, 7) is 3.55. The molecule has 2 N–H and O–H groups in total. The van der Waals surface area contributed by atoms with Crippen LogP contribution in [0.4, 0.5) is 0 Å². The summed E-state index contributed by atoms with van der Waals surface area (Å²) >= 11 is 0. The lowest BCUT2D eigenvalue weighted by Crippen LogP contribution is -2.12. The fourth-order valence-corrected chi connectivity index (χ4v) is 0.861. The normalized spacial score (nSPS) is 13.2. The zero-order valence-corrected chi connectivity index (χ0v) is 7.83. The van der Waals surface area contributed by atoms with Crippen molar-refractivity contribution in [1.29, 1.82) is 0 Å². The molecule has 0 aromatic carbocycles. The first-order chi connectivity index (χ1) is 5.81. The van der Waals surface area contributed by atoms with Gasteiger partial charge in [-0.2, -0.15) is 0 Å². The SMILES string of the molecule is CCCCOCCC(O)CCO. The second kappa shape index (κ2) is 8.97. The molecule has 12 heavy (non-hydrogen) atoms. The average Bonchev–Trinajstić information content (AvgIpc) is 2.05. The fraction of sp³-hybridized carbons (Fsp3) is 1.00. The van der Waals surface area contributed by atoms with Crippen LogP contribution >= 0.6 is 0 Å². The number of ether oxygens (including phenoxy) is 1. The highest BCUT2D eigenvalue weighted by atomic mass is 16.5. The van der Waals surface area contributed by atoms with E-state index < -0.39 is 6.10 Å². The highest BCUT2D eigenvalue weighted by molar-refractivity contribution is 4.53. The van der Waals surface area contributed by atoms with Gasteiger partial charge in [0.25, 0.3) is 0 Å². The fourth-order valence-electron chi connectivity index (χ4n) is 0.861. The van der Waals surface area contributed by atoms with Gasteiger partial charge in [0, 0.05) is 19.8 Å². The first kappa shape index (κ1) is 11.9. The third kappa shape index (κ3) is 7.98. The van der Waals surface area contributed by atoms with Crippen molar-refractivity contribution in [3.63, 3.8) is 0 Å². The summed E-state index contributed by atoms with van der Waals surface area (Å²) < 4.78 is 5.25. The molecule has 0 aliphatic heterocycles. The number of aliphatic hydroxyl groups is 2. The van der Waals surface area contributed by atoms with Crippen molar-refractivity contribution in [3.05, 3.63) is 0 Å². The second-order valence-corrected chi connectivity index (χ2v) is 2.92. The molecule has 0 aliphatic carbocycles. The number of unbranched alkanes of at least 4 members (excludes halogenated alkanes) is 1. The molecule has 0 saturated carbocycles. The zero-order valence-electron chi connectivity index (χ0n) is 7.83. The lowest BCUT2D eigenvalue weighted by Gasteiger charge is -2.08. The van der Waals surface area contributed by atoms with Gasteiger partial charge in [-0.15, -0.1) is 0 Å². The second-order valence-electron chi connectivity index (χ2n) is 2.92.